The highest BCUT2D eigenvalue weighted by Gasteiger charge is 2.23. The van der Waals surface area contributed by atoms with Crippen molar-refractivity contribution in [3.63, 3.8) is 0 Å². The van der Waals surface area contributed by atoms with E-state index in [2.05, 4.69) is 33.5 Å². The molecule has 2 aromatic rings. The molecule has 0 unspecified atom stereocenters. The van der Waals surface area contributed by atoms with Gasteiger partial charge in [0.2, 0.25) is 0 Å². The second-order valence-corrected chi connectivity index (χ2v) is 7.00. The largest absolute Gasteiger partial charge is 0.486 e. The smallest absolute Gasteiger partial charge is 0.179 e. The number of hydrogen-bond acceptors (Lipinski definition) is 5. The first-order valence-electron chi connectivity index (χ1n) is 8.34. The average molecular weight is 349 g/mol. The lowest BCUT2D eigenvalue weighted by Gasteiger charge is -2.28. The van der Waals surface area contributed by atoms with E-state index in [4.69, 9.17) is 21.1 Å². The predicted molar refractivity (Wildman–Crippen MR) is 90.7 cm³/mol. The van der Waals surface area contributed by atoms with E-state index in [9.17, 15) is 0 Å². The predicted octanol–water partition coefficient (Wildman–Crippen LogP) is 2.84. The summed E-state index contributed by atoms with van der Waals surface area (Å²) in [6, 6.07) is 3.99. The minimum absolute atomic E-state index is 0.398. The molecule has 0 spiro atoms. The van der Waals surface area contributed by atoms with Crippen LogP contribution in [0, 0.1) is 0 Å². The van der Waals surface area contributed by atoms with Crippen molar-refractivity contribution in [2.75, 3.05) is 19.8 Å². The van der Waals surface area contributed by atoms with Gasteiger partial charge in [-0.05, 0) is 17.7 Å². The molecule has 0 saturated heterocycles. The molecule has 24 heavy (non-hydrogen) atoms. The molecule has 0 aliphatic carbocycles. The zero-order valence-corrected chi connectivity index (χ0v) is 14.7. The zero-order chi connectivity index (χ0) is 16.7. The van der Waals surface area contributed by atoms with Gasteiger partial charge in [0.05, 0.1) is 11.6 Å². The Morgan fingerprint density at radius 3 is 2.83 bits per heavy atom. The highest BCUT2D eigenvalue weighted by molar-refractivity contribution is 6.32. The van der Waals surface area contributed by atoms with E-state index in [0.29, 0.717) is 29.9 Å². The van der Waals surface area contributed by atoms with Crippen molar-refractivity contribution >= 4 is 11.6 Å². The molecule has 4 rings (SSSR count). The Morgan fingerprint density at radius 1 is 1.17 bits per heavy atom. The fraction of sp³-hybridized carbons (Fsp3) is 0.529. The van der Waals surface area contributed by atoms with Gasteiger partial charge in [0.25, 0.3) is 0 Å². The molecule has 0 atom stereocenters. The molecule has 6 nitrogen and oxygen atoms in total. The van der Waals surface area contributed by atoms with Crippen molar-refractivity contribution in [3.8, 4) is 11.5 Å². The molecular formula is C17H21ClN4O2. The van der Waals surface area contributed by atoms with E-state index in [-0.39, 0.29) is 0 Å². The standard InChI is InChI=1S/C17H21ClN4O2/c1-11(2)17-20-19-15-10-21(3-4-22(15)17)9-12-7-13(18)16-14(8-12)23-5-6-24-16/h7-8,11H,3-6,9-10H2,1-2H3. The normalized spacial score (nSPS) is 17.2. The van der Waals surface area contributed by atoms with Crippen LogP contribution in [0.15, 0.2) is 12.1 Å². The maximum Gasteiger partial charge on any atom is 0.179 e. The number of fused-ring (bicyclic) bond motifs is 2. The molecule has 0 bridgehead atoms. The van der Waals surface area contributed by atoms with Gasteiger partial charge in [0.1, 0.15) is 24.9 Å². The van der Waals surface area contributed by atoms with Crippen LogP contribution in [0.1, 0.15) is 37.0 Å². The van der Waals surface area contributed by atoms with E-state index in [1.54, 1.807) is 0 Å². The van der Waals surface area contributed by atoms with Crippen molar-refractivity contribution in [2.24, 2.45) is 0 Å². The summed E-state index contributed by atoms with van der Waals surface area (Å²) in [5.74, 6) is 3.91. The quantitative estimate of drug-likeness (QED) is 0.853. The van der Waals surface area contributed by atoms with Gasteiger partial charge in [-0.3, -0.25) is 4.90 Å². The molecule has 3 heterocycles. The average Bonchev–Trinajstić information content (AvgIpc) is 2.98. The topological polar surface area (TPSA) is 52.4 Å². The van der Waals surface area contributed by atoms with E-state index in [0.717, 1.165) is 49.1 Å². The highest BCUT2D eigenvalue weighted by atomic mass is 35.5. The molecule has 1 aromatic heterocycles. The summed E-state index contributed by atoms with van der Waals surface area (Å²) < 4.78 is 13.5. The van der Waals surface area contributed by atoms with Crippen LogP contribution in [-0.2, 0) is 19.6 Å². The second kappa shape index (κ2) is 6.26. The first kappa shape index (κ1) is 15.7. The number of halogens is 1. The fourth-order valence-electron chi connectivity index (χ4n) is 3.31. The fourth-order valence-corrected chi connectivity index (χ4v) is 3.59. The maximum absolute atomic E-state index is 6.33. The first-order valence-corrected chi connectivity index (χ1v) is 8.72. The number of benzene rings is 1. The number of rotatable bonds is 3. The van der Waals surface area contributed by atoms with E-state index in [1.807, 2.05) is 12.1 Å². The third-order valence-electron chi connectivity index (χ3n) is 4.44. The number of nitrogens with zero attached hydrogens (tertiary/aromatic N) is 4. The van der Waals surface area contributed by atoms with Crippen molar-refractivity contribution in [1.29, 1.82) is 0 Å². The first-order chi connectivity index (χ1) is 11.6. The minimum Gasteiger partial charge on any atom is -0.486 e. The third-order valence-corrected chi connectivity index (χ3v) is 4.72. The van der Waals surface area contributed by atoms with E-state index in [1.165, 1.54) is 0 Å². The van der Waals surface area contributed by atoms with Crippen LogP contribution < -0.4 is 9.47 Å². The molecule has 0 N–H and O–H groups in total. The lowest BCUT2D eigenvalue weighted by molar-refractivity contribution is 0.170. The number of hydrogen-bond donors (Lipinski definition) is 0. The van der Waals surface area contributed by atoms with Crippen LogP contribution in [0.2, 0.25) is 5.02 Å². The van der Waals surface area contributed by atoms with Crippen LogP contribution in [0.4, 0.5) is 0 Å². The van der Waals surface area contributed by atoms with Crippen molar-refractivity contribution in [2.45, 2.75) is 39.4 Å². The SMILES string of the molecule is CC(C)c1nnc2n1CCN(Cc1cc(Cl)c3c(c1)OCCO3)C2. The van der Waals surface area contributed by atoms with Gasteiger partial charge in [-0.1, -0.05) is 25.4 Å². The molecule has 2 aliphatic rings. The van der Waals surface area contributed by atoms with Crippen LogP contribution >= 0.6 is 11.6 Å². The number of aromatic nitrogens is 3. The molecule has 0 radical (unpaired) electrons. The van der Waals surface area contributed by atoms with Crippen molar-refractivity contribution < 1.29 is 9.47 Å². The highest BCUT2D eigenvalue weighted by Crippen LogP contribution is 2.38. The minimum atomic E-state index is 0.398. The Balaban J connectivity index is 1.51. The summed E-state index contributed by atoms with van der Waals surface area (Å²) in [6.07, 6.45) is 0. The van der Waals surface area contributed by atoms with Gasteiger partial charge < -0.3 is 14.0 Å². The lowest BCUT2D eigenvalue weighted by Crippen LogP contribution is -2.34. The number of ether oxygens (including phenoxy) is 2. The third kappa shape index (κ3) is 2.84. The molecule has 1 aromatic carbocycles. The molecule has 0 saturated carbocycles. The van der Waals surface area contributed by atoms with Gasteiger partial charge in [-0.15, -0.1) is 10.2 Å². The Kier molecular flexibility index (Phi) is 4.10. The monoisotopic (exact) mass is 348 g/mol. The van der Waals surface area contributed by atoms with Gasteiger partial charge in [-0.2, -0.15) is 0 Å². The molecule has 0 amide bonds. The molecule has 7 heteroatoms. The van der Waals surface area contributed by atoms with Crippen LogP contribution in [0.25, 0.3) is 0 Å². The maximum atomic E-state index is 6.33. The Bertz CT molecular complexity index is 759. The zero-order valence-electron chi connectivity index (χ0n) is 14.0. The Hall–Kier alpha value is -1.79. The summed E-state index contributed by atoms with van der Waals surface area (Å²) in [6.45, 7) is 8.92. The summed E-state index contributed by atoms with van der Waals surface area (Å²) in [5, 5.41) is 9.31. The summed E-state index contributed by atoms with van der Waals surface area (Å²) in [5.41, 5.74) is 1.13. The second-order valence-electron chi connectivity index (χ2n) is 6.59. The Morgan fingerprint density at radius 2 is 2.00 bits per heavy atom. The molecular weight excluding hydrogens is 328 g/mol. The van der Waals surface area contributed by atoms with Gasteiger partial charge in [0.15, 0.2) is 11.5 Å². The summed E-state index contributed by atoms with van der Waals surface area (Å²) in [4.78, 5) is 2.36. The van der Waals surface area contributed by atoms with E-state index < -0.39 is 0 Å². The summed E-state index contributed by atoms with van der Waals surface area (Å²) >= 11 is 6.33. The van der Waals surface area contributed by atoms with Crippen LogP contribution in [-0.4, -0.2) is 39.4 Å². The lowest BCUT2D eigenvalue weighted by atomic mass is 10.1. The van der Waals surface area contributed by atoms with Crippen molar-refractivity contribution in [3.05, 3.63) is 34.4 Å². The van der Waals surface area contributed by atoms with Gasteiger partial charge in [0, 0.05) is 25.6 Å². The van der Waals surface area contributed by atoms with Crippen LogP contribution in [0.5, 0.6) is 11.5 Å². The van der Waals surface area contributed by atoms with Crippen molar-refractivity contribution in [1.82, 2.24) is 19.7 Å². The summed E-state index contributed by atoms with van der Waals surface area (Å²) in [7, 11) is 0. The van der Waals surface area contributed by atoms with Gasteiger partial charge >= 0.3 is 0 Å². The van der Waals surface area contributed by atoms with E-state index >= 15 is 0 Å². The molecule has 0 fully saturated rings. The van der Waals surface area contributed by atoms with Gasteiger partial charge in [-0.25, -0.2) is 0 Å². The molecule has 128 valence electrons. The molecule has 2 aliphatic heterocycles. The Labute approximate surface area is 146 Å². The van der Waals surface area contributed by atoms with Crippen LogP contribution in [0.3, 0.4) is 0 Å².